The third-order valence-corrected chi connectivity index (χ3v) is 6.12. The average Bonchev–Trinajstić information content (AvgIpc) is 3.45. The summed E-state index contributed by atoms with van der Waals surface area (Å²) in [5, 5.41) is 17.9. The van der Waals surface area contributed by atoms with Crippen molar-refractivity contribution in [1.29, 1.82) is 0 Å². The normalized spacial score (nSPS) is 17.8. The lowest BCUT2D eigenvalue weighted by atomic mass is 10.0. The summed E-state index contributed by atoms with van der Waals surface area (Å²) >= 11 is 0. The first-order valence-corrected chi connectivity index (χ1v) is 10.3. The Kier molecular flexibility index (Phi) is 4.51. The van der Waals surface area contributed by atoms with E-state index in [0.29, 0.717) is 66.7 Å². The maximum Gasteiger partial charge on any atom is 0.254 e. The van der Waals surface area contributed by atoms with Crippen LogP contribution in [0, 0.1) is 5.82 Å². The van der Waals surface area contributed by atoms with Crippen molar-refractivity contribution in [3.8, 4) is 11.1 Å². The van der Waals surface area contributed by atoms with Gasteiger partial charge in [-0.1, -0.05) is 17.3 Å². The fourth-order valence-electron chi connectivity index (χ4n) is 3.99. The molecule has 9 heteroatoms. The van der Waals surface area contributed by atoms with Gasteiger partial charge in [-0.2, -0.15) is 0 Å². The van der Waals surface area contributed by atoms with E-state index in [9.17, 15) is 19.1 Å². The second-order valence-electron chi connectivity index (χ2n) is 8.23. The number of nitrogens with zero attached hydrogens (tertiary/aromatic N) is 5. The smallest absolute Gasteiger partial charge is 0.254 e. The summed E-state index contributed by atoms with van der Waals surface area (Å²) in [4.78, 5) is 28.4. The van der Waals surface area contributed by atoms with Crippen LogP contribution in [0.15, 0.2) is 36.4 Å². The van der Waals surface area contributed by atoms with Crippen LogP contribution >= 0.6 is 0 Å². The topological polar surface area (TPSA) is 91.6 Å². The Bertz CT molecular complexity index is 1180. The molecule has 1 saturated carbocycles. The Morgan fingerprint density at radius 2 is 1.68 bits per heavy atom. The Hall–Kier alpha value is -3.33. The maximum atomic E-state index is 14.6. The summed E-state index contributed by atoms with van der Waals surface area (Å²) in [5.74, 6) is -0.741. The number of hydrogen-bond acceptors (Lipinski definition) is 5. The minimum atomic E-state index is -1.17. The summed E-state index contributed by atoms with van der Waals surface area (Å²) < 4.78 is 16.1. The van der Waals surface area contributed by atoms with E-state index in [1.807, 2.05) is 0 Å². The van der Waals surface area contributed by atoms with Crippen molar-refractivity contribution >= 4 is 22.8 Å². The van der Waals surface area contributed by atoms with Crippen molar-refractivity contribution in [2.24, 2.45) is 7.05 Å². The van der Waals surface area contributed by atoms with Gasteiger partial charge in [-0.25, -0.2) is 9.07 Å². The van der Waals surface area contributed by atoms with Crippen LogP contribution in [0.1, 0.15) is 23.2 Å². The second kappa shape index (κ2) is 7.12. The predicted molar refractivity (Wildman–Crippen MR) is 111 cm³/mol. The Morgan fingerprint density at radius 3 is 2.32 bits per heavy atom. The highest BCUT2D eigenvalue weighted by Crippen LogP contribution is 2.37. The van der Waals surface area contributed by atoms with Gasteiger partial charge >= 0.3 is 0 Å². The van der Waals surface area contributed by atoms with Crippen molar-refractivity contribution in [3.05, 3.63) is 47.8 Å². The van der Waals surface area contributed by atoms with Crippen LogP contribution in [0.3, 0.4) is 0 Å². The molecule has 2 aliphatic rings. The van der Waals surface area contributed by atoms with Crippen molar-refractivity contribution < 1.29 is 19.1 Å². The number of fused-ring (bicyclic) bond motifs is 1. The molecule has 2 fully saturated rings. The van der Waals surface area contributed by atoms with Gasteiger partial charge in [0.25, 0.3) is 11.8 Å². The number of hydrogen-bond donors (Lipinski definition) is 1. The van der Waals surface area contributed by atoms with Gasteiger partial charge in [-0.3, -0.25) is 9.59 Å². The molecular formula is C22H22FN5O3. The zero-order chi connectivity index (χ0) is 21.8. The molecule has 0 unspecified atom stereocenters. The fourth-order valence-corrected chi connectivity index (χ4v) is 3.99. The number of benzene rings is 2. The molecule has 1 aliphatic carbocycles. The number of piperazine rings is 1. The Balaban J connectivity index is 1.29. The van der Waals surface area contributed by atoms with E-state index in [1.165, 1.54) is 10.7 Å². The summed E-state index contributed by atoms with van der Waals surface area (Å²) in [6.07, 6.45) is 1.03. The molecule has 0 atom stereocenters. The van der Waals surface area contributed by atoms with Gasteiger partial charge in [0.1, 0.15) is 16.9 Å². The van der Waals surface area contributed by atoms with E-state index >= 15 is 0 Å². The number of aryl methyl sites for hydroxylation is 1. The first-order chi connectivity index (χ1) is 14.9. The van der Waals surface area contributed by atoms with Gasteiger partial charge in [0.2, 0.25) is 0 Å². The van der Waals surface area contributed by atoms with Crippen LogP contribution in [-0.2, 0) is 11.8 Å². The van der Waals surface area contributed by atoms with Crippen LogP contribution in [0.25, 0.3) is 22.2 Å². The van der Waals surface area contributed by atoms with Crippen LogP contribution in [0.2, 0.25) is 0 Å². The third kappa shape index (κ3) is 3.44. The number of rotatable bonds is 3. The molecule has 0 spiro atoms. The first kappa shape index (κ1) is 19.6. The molecule has 0 bridgehead atoms. The SMILES string of the molecule is Cn1nnc2cc(-c3ccc(C(=O)N4CCN(C(=O)C5(O)CC5)CC4)cc3)c(F)cc21. The van der Waals surface area contributed by atoms with Crippen LogP contribution in [-0.4, -0.2) is 73.5 Å². The molecule has 2 aromatic carbocycles. The van der Waals surface area contributed by atoms with Crippen LogP contribution in [0.5, 0.6) is 0 Å². The van der Waals surface area contributed by atoms with Gasteiger partial charge in [-0.15, -0.1) is 5.10 Å². The van der Waals surface area contributed by atoms with Crippen molar-refractivity contribution in [2.75, 3.05) is 26.2 Å². The number of amides is 2. The maximum absolute atomic E-state index is 14.6. The number of aliphatic hydroxyl groups is 1. The number of halogens is 1. The molecule has 1 aromatic heterocycles. The molecule has 2 heterocycles. The average molecular weight is 423 g/mol. The molecule has 1 N–H and O–H groups in total. The molecule has 8 nitrogen and oxygen atoms in total. The largest absolute Gasteiger partial charge is 0.380 e. The van der Waals surface area contributed by atoms with E-state index in [2.05, 4.69) is 10.3 Å². The van der Waals surface area contributed by atoms with Gasteiger partial charge < -0.3 is 14.9 Å². The molecular weight excluding hydrogens is 401 g/mol. The molecule has 5 rings (SSSR count). The van der Waals surface area contributed by atoms with Crippen molar-refractivity contribution in [2.45, 2.75) is 18.4 Å². The summed E-state index contributed by atoms with van der Waals surface area (Å²) in [6.45, 7) is 1.66. The monoisotopic (exact) mass is 423 g/mol. The molecule has 0 radical (unpaired) electrons. The molecule has 31 heavy (non-hydrogen) atoms. The van der Waals surface area contributed by atoms with Crippen LogP contribution < -0.4 is 0 Å². The highest BCUT2D eigenvalue weighted by molar-refractivity contribution is 5.95. The Labute approximate surface area is 177 Å². The zero-order valence-corrected chi connectivity index (χ0v) is 17.1. The number of carbonyl (C=O) groups excluding carboxylic acids is 2. The highest BCUT2D eigenvalue weighted by Gasteiger charge is 2.50. The molecule has 2 amide bonds. The standard InChI is InChI=1S/C22H22FN5O3/c1-26-19-13-17(23)16(12-18(19)24-25-26)14-2-4-15(5-3-14)20(29)27-8-10-28(11-9-27)21(30)22(31)6-7-22/h2-5,12-13,31H,6-11H2,1H3. The quantitative estimate of drug-likeness (QED) is 0.691. The van der Waals surface area contributed by atoms with Crippen molar-refractivity contribution in [1.82, 2.24) is 24.8 Å². The highest BCUT2D eigenvalue weighted by atomic mass is 19.1. The van der Waals surface area contributed by atoms with Crippen molar-refractivity contribution in [3.63, 3.8) is 0 Å². The Morgan fingerprint density at radius 1 is 1.03 bits per heavy atom. The number of aromatic nitrogens is 3. The lowest BCUT2D eigenvalue weighted by molar-refractivity contribution is -0.143. The zero-order valence-electron chi connectivity index (χ0n) is 17.1. The molecule has 160 valence electrons. The van der Waals surface area contributed by atoms with Gasteiger partial charge in [0.05, 0.1) is 5.52 Å². The van der Waals surface area contributed by atoms with E-state index in [4.69, 9.17) is 0 Å². The first-order valence-electron chi connectivity index (χ1n) is 10.3. The lowest BCUT2D eigenvalue weighted by Gasteiger charge is -2.35. The lowest BCUT2D eigenvalue weighted by Crippen LogP contribution is -2.53. The summed E-state index contributed by atoms with van der Waals surface area (Å²) in [6, 6.07) is 9.86. The summed E-state index contributed by atoms with van der Waals surface area (Å²) in [5.41, 5.74) is 1.59. The summed E-state index contributed by atoms with van der Waals surface area (Å²) in [7, 11) is 1.71. The molecule has 1 aliphatic heterocycles. The predicted octanol–water partition coefficient (Wildman–Crippen LogP) is 1.58. The molecule has 1 saturated heterocycles. The minimum absolute atomic E-state index is 0.131. The van der Waals surface area contributed by atoms with Gasteiger partial charge in [0.15, 0.2) is 0 Å². The second-order valence-corrected chi connectivity index (χ2v) is 8.23. The molecule has 3 aromatic rings. The number of carbonyl (C=O) groups is 2. The minimum Gasteiger partial charge on any atom is -0.380 e. The van der Waals surface area contributed by atoms with E-state index in [-0.39, 0.29) is 17.6 Å². The van der Waals surface area contributed by atoms with E-state index in [0.717, 1.165) is 0 Å². The van der Waals surface area contributed by atoms with E-state index in [1.54, 1.807) is 47.2 Å². The van der Waals surface area contributed by atoms with E-state index < -0.39 is 5.60 Å². The fraction of sp³-hybridized carbons (Fsp3) is 0.364. The van der Waals surface area contributed by atoms with Gasteiger partial charge in [0, 0.05) is 50.4 Å². The van der Waals surface area contributed by atoms with Crippen LogP contribution in [0.4, 0.5) is 4.39 Å². The van der Waals surface area contributed by atoms with Gasteiger partial charge in [-0.05, 0) is 36.6 Å². The third-order valence-electron chi connectivity index (χ3n) is 6.12.